The molecule has 9 heteroatoms. The second kappa shape index (κ2) is 18.9. The number of rotatable bonds is 21. The number of hydrogen-bond acceptors (Lipinski definition) is 8. The third-order valence-corrected chi connectivity index (χ3v) is 9.60. The molecule has 0 aromatic carbocycles. The van der Waals surface area contributed by atoms with Gasteiger partial charge in [-0.2, -0.15) is 5.06 Å². The molecule has 2 rings (SSSR count). The summed E-state index contributed by atoms with van der Waals surface area (Å²) in [4.78, 5) is 37.2. The van der Waals surface area contributed by atoms with Crippen LogP contribution in [0.15, 0.2) is 0 Å². The Kier molecular flexibility index (Phi) is 16.8. The van der Waals surface area contributed by atoms with Gasteiger partial charge < -0.3 is 4.74 Å². The quantitative estimate of drug-likeness (QED) is 0.0699. The van der Waals surface area contributed by atoms with Crippen LogP contribution in [0.5, 0.6) is 0 Å². The molecule has 0 aliphatic carbocycles. The van der Waals surface area contributed by atoms with Crippen molar-refractivity contribution in [1.82, 2.24) is 10.1 Å². The molecule has 0 N–H and O–H groups in total. The summed E-state index contributed by atoms with van der Waals surface area (Å²) in [7, 11) is 5.52. The number of carbonyl (C=O) groups is 2. The predicted octanol–water partition coefficient (Wildman–Crippen LogP) is 8.39. The standard InChI is InChI=1S/C37H68BN2O6/c1-10-11-12-13-18-21-24-43-39-34(2,3)25-30(26-35(39,4)5)45-32(41)22-19-16-14-15-17-20-23-33(42)46-31-27-36(6,7)40(44-29-38)37(8,9)28-31/h29-31H,10-28H2,1-9H3. The summed E-state index contributed by atoms with van der Waals surface area (Å²) in [5.74, 6) is -0.216. The molecule has 0 bridgehead atoms. The van der Waals surface area contributed by atoms with E-state index in [4.69, 9.17) is 26.6 Å². The number of nitrogens with zero attached hydrogens (tertiary/aromatic N) is 2. The first-order valence-corrected chi connectivity index (χ1v) is 18.4. The van der Waals surface area contributed by atoms with Crippen molar-refractivity contribution < 1.29 is 28.7 Å². The van der Waals surface area contributed by atoms with Crippen molar-refractivity contribution in [1.29, 1.82) is 0 Å². The van der Waals surface area contributed by atoms with Crippen molar-refractivity contribution in [2.45, 2.75) is 212 Å². The molecule has 2 heterocycles. The second-order valence-electron chi connectivity index (χ2n) is 16.3. The molecule has 0 unspecified atom stereocenters. The Morgan fingerprint density at radius 3 is 1.39 bits per heavy atom. The van der Waals surface area contributed by atoms with Crippen molar-refractivity contribution in [2.24, 2.45) is 0 Å². The van der Waals surface area contributed by atoms with E-state index in [1.807, 2.05) is 5.06 Å². The van der Waals surface area contributed by atoms with E-state index in [0.717, 1.165) is 64.4 Å². The van der Waals surface area contributed by atoms with Gasteiger partial charge in [-0.05, 0) is 40.5 Å². The molecule has 2 fully saturated rings. The molecule has 0 saturated carbocycles. The van der Waals surface area contributed by atoms with Crippen molar-refractivity contribution in [3.8, 4) is 0 Å². The number of hydrogen-bond donors (Lipinski definition) is 0. The molecular formula is C37H68BN2O6. The summed E-state index contributed by atoms with van der Waals surface area (Å²) < 4.78 is 11.8. The fourth-order valence-electron chi connectivity index (χ4n) is 7.98. The minimum atomic E-state index is -0.304. The fourth-order valence-corrected chi connectivity index (χ4v) is 7.98. The van der Waals surface area contributed by atoms with Gasteiger partial charge in [0.25, 0.3) is 0 Å². The number of ether oxygens (including phenoxy) is 2. The number of hydroxylamine groups is 4. The molecule has 2 aliphatic rings. The topological polar surface area (TPSA) is 77.5 Å². The normalized spacial score (nSPS) is 21.5. The molecule has 2 saturated heterocycles. The molecule has 0 spiro atoms. The first-order valence-electron chi connectivity index (χ1n) is 18.4. The molecule has 8 nitrogen and oxygen atoms in total. The SMILES string of the molecule is [B]=CON1C(C)(C)CC(OC(=O)CCCCCCCCC(=O)OC2CC(C)(C)N(OCCCCCCCC)C(C)(C)C2)CC1(C)C. The van der Waals surface area contributed by atoms with Gasteiger partial charge in [-0.15, -0.1) is 0 Å². The van der Waals surface area contributed by atoms with Gasteiger partial charge in [-0.1, -0.05) is 51.9 Å². The monoisotopic (exact) mass is 648 g/mol. The van der Waals surface area contributed by atoms with Crippen molar-refractivity contribution in [3.63, 3.8) is 0 Å². The maximum absolute atomic E-state index is 12.7. The summed E-state index contributed by atoms with van der Waals surface area (Å²) in [6.45, 7) is 20.1. The van der Waals surface area contributed by atoms with Crippen LogP contribution in [0.1, 0.15) is 178 Å². The van der Waals surface area contributed by atoms with Crippen molar-refractivity contribution in [3.05, 3.63) is 0 Å². The maximum atomic E-state index is 12.7. The van der Waals surface area contributed by atoms with E-state index in [-0.39, 0.29) is 46.3 Å². The summed E-state index contributed by atoms with van der Waals surface area (Å²) in [5, 5.41) is 4.07. The molecule has 1 radical (unpaired) electrons. The Balaban J connectivity index is 1.58. The zero-order valence-electron chi connectivity index (χ0n) is 31.1. The van der Waals surface area contributed by atoms with Gasteiger partial charge in [0.05, 0.1) is 6.61 Å². The van der Waals surface area contributed by atoms with Gasteiger partial charge >= 0.3 is 128 Å². The third kappa shape index (κ3) is 13.6. The Morgan fingerprint density at radius 2 is 0.978 bits per heavy atom. The van der Waals surface area contributed by atoms with Gasteiger partial charge in [-0.25, -0.2) is 0 Å². The van der Waals surface area contributed by atoms with E-state index < -0.39 is 0 Å². The Bertz CT molecular complexity index is 901. The number of carbonyl (C=O) groups excluding carboxylic acids is 2. The zero-order chi connectivity index (χ0) is 34.4. The number of unbranched alkanes of at least 4 members (excludes halogenated alkanes) is 10. The summed E-state index contributed by atoms with van der Waals surface area (Å²) in [6.07, 6.45) is 18.0. The van der Waals surface area contributed by atoms with Gasteiger partial charge in [-0.3, -0.25) is 9.63 Å². The number of piperidine rings is 2. The Morgan fingerprint density at radius 1 is 0.609 bits per heavy atom. The predicted molar refractivity (Wildman–Crippen MR) is 187 cm³/mol. The third-order valence-electron chi connectivity index (χ3n) is 9.60. The van der Waals surface area contributed by atoms with E-state index in [1.165, 1.54) is 38.3 Å². The van der Waals surface area contributed by atoms with Crippen molar-refractivity contribution in [2.75, 3.05) is 6.61 Å². The van der Waals surface area contributed by atoms with Crippen LogP contribution in [0.4, 0.5) is 0 Å². The minimum absolute atomic E-state index is 0.0892. The molecule has 0 amide bonds. The molecule has 46 heavy (non-hydrogen) atoms. The molecular weight excluding hydrogens is 579 g/mol. The van der Waals surface area contributed by atoms with Crippen LogP contribution >= 0.6 is 0 Å². The van der Waals surface area contributed by atoms with Crippen LogP contribution in [0.25, 0.3) is 0 Å². The van der Waals surface area contributed by atoms with E-state index in [0.29, 0.717) is 25.7 Å². The molecule has 0 atom stereocenters. The average molecular weight is 648 g/mol. The summed E-state index contributed by atoms with van der Waals surface area (Å²) in [6, 6.07) is 0. The van der Waals surface area contributed by atoms with Gasteiger partial charge in [0.15, 0.2) is 0 Å². The summed E-state index contributed by atoms with van der Waals surface area (Å²) in [5.41, 5.74) is -1.02. The van der Waals surface area contributed by atoms with Gasteiger partial charge in [0.1, 0.15) is 6.10 Å². The van der Waals surface area contributed by atoms with Gasteiger partial charge in [0.2, 0.25) is 0 Å². The molecule has 2 aliphatic heterocycles. The first-order chi connectivity index (χ1) is 21.5. The Hall–Kier alpha value is -1.45. The van der Waals surface area contributed by atoms with E-state index >= 15 is 0 Å². The van der Waals surface area contributed by atoms with Crippen LogP contribution in [0.2, 0.25) is 0 Å². The van der Waals surface area contributed by atoms with Crippen LogP contribution in [0.3, 0.4) is 0 Å². The molecule has 0 aromatic heterocycles. The fraction of sp³-hybridized carbons (Fsp3) is 0.919. The van der Waals surface area contributed by atoms with E-state index in [9.17, 15) is 9.59 Å². The summed E-state index contributed by atoms with van der Waals surface area (Å²) >= 11 is 0. The van der Waals surface area contributed by atoms with Gasteiger partial charge in [0, 0.05) is 30.3 Å². The van der Waals surface area contributed by atoms with Crippen LogP contribution in [-0.4, -0.2) is 76.7 Å². The Labute approximate surface area is 283 Å². The van der Waals surface area contributed by atoms with Crippen LogP contribution in [-0.2, 0) is 28.7 Å². The van der Waals surface area contributed by atoms with Crippen LogP contribution < -0.4 is 0 Å². The first kappa shape index (κ1) is 40.7. The average Bonchev–Trinajstić information content (AvgIpc) is 2.91. The van der Waals surface area contributed by atoms with E-state index in [2.05, 4.69) is 67.4 Å². The zero-order valence-corrected chi connectivity index (χ0v) is 31.1. The van der Waals surface area contributed by atoms with Crippen LogP contribution in [0, 0.1) is 0 Å². The van der Waals surface area contributed by atoms with Crippen molar-refractivity contribution >= 4 is 25.6 Å². The molecule has 0 aromatic rings. The molecule has 265 valence electrons. The number of esters is 2. The second-order valence-corrected chi connectivity index (χ2v) is 16.3. The van der Waals surface area contributed by atoms with E-state index in [1.54, 1.807) is 0 Å².